The molecule has 3 N–H and O–H groups in total. The Balaban J connectivity index is 1.81. The van der Waals surface area contributed by atoms with Crippen LogP contribution < -0.4 is 15.8 Å². The average molecular weight is 248 g/mol. The third-order valence-corrected chi connectivity index (χ3v) is 2.36. The van der Waals surface area contributed by atoms with E-state index in [-0.39, 0.29) is 5.95 Å². The van der Waals surface area contributed by atoms with Gasteiger partial charge in [0.15, 0.2) is 0 Å². The second kappa shape index (κ2) is 5.85. The molecule has 0 saturated heterocycles. The first-order valence-electron chi connectivity index (χ1n) is 5.68. The minimum atomic E-state index is 0.198. The lowest BCUT2D eigenvalue weighted by atomic mass is 10.4. The third-order valence-electron chi connectivity index (χ3n) is 2.36. The predicted octanol–water partition coefficient (Wildman–Crippen LogP) is 0.766. The zero-order valence-corrected chi connectivity index (χ0v) is 10.2. The highest BCUT2D eigenvalue weighted by molar-refractivity contribution is 5.42. The van der Waals surface area contributed by atoms with Crippen LogP contribution in [0.25, 0.3) is 0 Å². The molecule has 0 aliphatic carbocycles. The molecular formula is C11H16N6O. The Morgan fingerprint density at radius 3 is 3.06 bits per heavy atom. The van der Waals surface area contributed by atoms with Gasteiger partial charge in [-0.3, -0.25) is 4.68 Å². The molecule has 2 rings (SSSR count). The first kappa shape index (κ1) is 12.2. The van der Waals surface area contributed by atoms with Gasteiger partial charge in [-0.25, -0.2) is 0 Å². The summed E-state index contributed by atoms with van der Waals surface area (Å²) in [4.78, 5) is 7.98. The van der Waals surface area contributed by atoms with E-state index in [1.807, 2.05) is 16.9 Å². The maximum absolute atomic E-state index is 5.56. The van der Waals surface area contributed by atoms with Crippen molar-refractivity contribution in [2.45, 2.75) is 13.0 Å². The van der Waals surface area contributed by atoms with Crippen LogP contribution in [0.3, 0.4) is 0 Å². The molecule has 7 nitrogen and oxygen atoms in total. The van der Waals surface area contributed by atoms with Crippen LogP contribution in [0, 0.1) is 0 Å². The molecule has 18 heavy (non-hydrogen) atoms. The number of rotatable bonds is 6. The quantitative estimate of drug-likeness (QED) is 0.734. The van der Waals surface area contributed by atoms with Gasteiger partial charge in [0.1, 0.15) is 5.82 Å². The van der Waals surface area contributed by atoms with E-state index in [2.05, 4.69) is 20.4 Å². The van der Waals surface area contributed by atoms with Crippen molar-refractivity contribution in [3.05, 3.63) is 24.5 Å². The zero-order chi connectivity index (χ0) is 12.8. The van der Waals surface area contributed by atoms with Crippen LogP contribution in [-0.2, 0) is 6.54 Å². The molecule has 7 heteroatoms. The van der Waals surface area contributed by atoms with Crippen molar-refractivity contribution in [1.82, 2.24) is 19.7 Å². The van der Waals surface area contributed by atoms with E-state index in [1.54, 1.807) is 19.4 Å². The molecule has 0 radical (unpaired) electrons. The Hall–Kier alpha value is -2.31. The van der Waals surface area contributed by atoms with E-state index in [4.69, 9.17) is 10.5 Å². The van der Waals surface area contributed by atoms with E-state index in [0.29, 0.717) is 11.7 Å². The number of aromatic nitrogens is 4. The Morgan fingerprint density at radius 1 is 1.44 bits per heavy atom. The lowest BCUT2D eigenvalue weighted by molar-refractivity contribution is 0.398. The number of anilines is 2. The second-order valence-electron chi connectivity index (χ2n) is 3.70. The topological polar surface area (TPSA) is 90.9 Å². The number of nitrogens with two attached hydrogens (primary N) is 1. The van der Waals surface area contributed by atoms with Crippen LogP contribution >= 0.6 is 0 Å². The minimum Gasteiger partial charge on any atom is -0.481 e. The van der Waals surface area contributed by atoms with Gasteiger partial charge in [-0.1, -0.05) is 0 Å². The van der Waals surface area contributed by atoms with Crippen LogP contribution in [0.15, 0.2) is 24.5 Å². The summed E-state index contributed by atoms with van der Waals surface area (Å²) < 4.78 is 6.90. The molecular weight excluding hydrogens is 232 g/mol. The van der Waals surface area contributed by atoms with Crippen LogP contribution in [-0.4, -0.2) is 33.4 Å². The van der Waals surface area contributed by atoms with Crippen molar-refractivity contribution in [3.8, 4) is 5.88 Å². The van der Waals surface area contributed by atoms with Crippen molar-refractivity contribution in [1.29, 1.82) is 0 Å². The number of hydrogen-bond donors (Lipinski definition) is 2. The molecule has 0 saturated carbocycles. The zero-order valence-electron chi connectivity index (χ0n) is 10.2. The van der Waals surface area contributed by atoms with Gasteiger partial charge >= 0.3 is 0 Å². The molecule has 96 valence electrons. The molecule has 0 bridgehead atoms. The third kappa shape index (κ3) is 3.34. The van der Waals surface area contributed by atoms with Gasteiger partial charge in [-0.2, -0.15) is 15.1 Å². The summed E-state index contributed by atoms with van der Waals surface area (Å²) in [5.41, 5.74) is 5.56. The molecule has 2 aromatic heterocycles. The summed E-state index contributed by atoms with van der Waals surface area (Å²) >= 11 is 0. The Kier molecular flexibility index (Phi) is 3.95. The lowest BCUT2D eigenvalue weighted by Gasteiger charge is -2.07. The molecule has 0 fully saturated rings. The summed E-state index contributed by atoms with van der Waals surface area (Å²) in [5.74, 6) is 1.32. The van der Waals surface area contributed by atoms with Crippen molar-refractivity contribution in [2.75, 3.05) is 24.7 Å². The normalized spacial score (nSPS) is 10.3. The lowest BCUT2D eigenvalue weighted by Crippen LogP contribution is -2.09. The Bertz CT molecular complexity index is 484. The highest BCUT2D eigenvalue weighted by Crippen LogP contribution is 2.13. The number of nitrogen functional groups attached to an aromatic ring is 1. The summed E-state index contributed by atoms with van der Waals surface area (Å²) in [5, 5.41) is 7.30. The standard InChI is InChI=1S/C11H16N6O/c1-18-10-8-9(15-11(12)16-10)13-4-2-6-17-7-3-5-14-17/h3,5,7-8H,2,4,6H2,1H3,(H3,12,13,15,16). The van der Waals surface area contributed by atoms with E-state index >= 15 is 0 Å². The number of aryl methyl sites for hydroxylation is 1. The van der Waals surface area contributed by atoms with E-state index < -0.39 is 0 Å². The van der Waals surface area contributed by atoms with Gasteiger partial charge in [0.05, 0.1) is 7.11 Å². The fraction of sp³-hybridized carbons (Fsp3) is 0.364. The molecule has 0 amide bonds. The van der Waals surface area contributed by atoms with Crippen molar-refractivity contribution >= 4 is 11.8 Å². The van der Waals surface area contributed by atoms with Crippen molar-refractivity contribution < 1.29 is 4.74 Å². The van der Waals surface area contributed by atoms with E-state index in [9.17, 15) is 0 Å². The molecule has 0 atom stereocenters. The van der Waals surface area contributed by atoms with Gasteiger partial charge in [-0.05, 0) is 12.5 Å². The van der Waals surface area contributed by atoms with Gasteiger partial charge in [-0.15, -0.1) is 0 Å². The maximum atomic E-state index is 5.56. The van der Waals surface area contributed by atoms with Crippen LogP contribution in [0.2, 0.25) is 0 Å². The Morgan fingerprint density at radius 2 is 2.33 bits per heavy atom. The molecule has 0 aliphatic rings. The van der Waals surface area contributed by atoms with Gasteiger partial charge in [0, 0.05) is 31.5 Å². The van der Waals surface area contributed by atoms with E-state index in [1.165, 1.54) is 0 Å². The largest absolute Gasteiger partial charge is 0.481 e. The molecule has 0 unspecified atom stereocenters. The number of methoxy groups -OCH3 is 1. The highest BCUT2D eigenvalue weighted by Gasteiger charge is 2.01. The fourth-order valence-electron chi connectivity index (χ4n) is 1.53. The second-order valence-corrected chi connectivity index (χ2v) is 3.70. The summed E-state index contributed by atoms with van der Waals surface area (Å²) in [7, 11) is 1.54. The first-order valence-corrected chi connectivity index (χ1v) is 5.68. The number of hydrogen-bond acceptors (Lipinski definition) is 6. The SMILES string of the molecule is COc1cc(NCCCn2cccn2)nc(N)n1. The smallest absolute Gasteiger partial charge is 0.225 e. The van der Waals surface area contributed by atoms with Gasteiger partial charge in [0.2, 0.25) is 11.8 Å². The molecule has 2 aromatic rings. The van der Waals surface area contributed by atoms with Gasteiger partial charge in [0.25, 0.3) is 0 Å². The first-order chi connectivity index (χ1) is 8.78. The Labute approximate surface area is 105 Å². The van der Waals surface area contributed by atoms with Crippen LogP contribution in [0.1, 0.15) is 6.42 Å². The van der Waals surface area contributed by atoms with Crippen molar-refractivity contribution in [3.63, 3.8) is 0 Å². The summed E-state index contributed by atoms with van der Waals surface area (Å²) in [6, 6.07) is 3.62. The number of nitrogens with zero attached hydrogens (tertiary/aromatic N) is 4. The fourth-order valence-corrected chi connectivity index (χ4v) is 1.53. The van der Waals surface area contributed by atoms with Gasteiger partial charge < -0.3 is 15.8 Å². The number of nitrogens with one attached hydrogen (secondary N) is 1. The highest BCUT2D eigenvalue weighted by atomic mass is 16.5. The molecule has 0 aliphatic heterocycles. The predicted molar refractivity (Wildman–Crippen MR) is 68.3 cm³/mol. The summed E-state index contributed by atoms with van der Waals surface area (Å²) in [6.07, 6.45) is 4.64. The number of ether oxygens (including phenoxy) is 1. The monoisotopic (exact) mass is 248 g/mol. The van der Waals surface area contributed by atoms with Crippen LogP contribution in [0.4, 0.5) is 11.8 Å². The molecule has 0 spiro atoms. The van der Waals surface area contributed by atoms with E-state index in [0.717, 1.165) is 19.5 Å². The average Bonchev–Trinajstić information content (AvgIpc) is 2.87. The molecule has 2 heterocycles. The van der Waals surface area contributed by atoms with Crippen molar-refractivity contribution in [2.24, 2.45) is 0 Å². The molecule has 0 aromatic carbocycles. The minimum absolute atomic E-state index is 0.198. The maximum Gasteiger partial charge on any atom is 0.225 e. The van der Waals surface area contributed by atoms with Crippen LogP contribution in [0.5, 0.6) is 5.88 Å². The summed E-state index contributed by atoms with van der Waals surface area (Å²) in [6.45, 7) is 1.64.